The van der Waals surface area contributed by atoms with E-state index in [1.807, 2.05) is 30.3 Å². The molecule has 112 valence electrons. The first kappa shape index (κ1) is 13.1. The number of benzene rings is 1. The number of aliphatic hydroxyl groups excluding tert-OH is 1. The Morgan fingerprint density at radius 2 is 2.10 bits per heavy atom. The molecule has 4 fully saturated rings. The lowest BCUT2D eigenvalue weighted by Crippen LogP contribution is -2.48. The van der Waals surface area contributed by atoms with Crippen molar-refractivity contribution >= 4 is 6.09 Å². The minimum atomic E-state index is -0.352. The highest BCUT2D eigenvalue weighted by atomic mass is 16.5. The first-order chi connectivity index (χ1) is 10.3. The molecule has 4 heteroatoms. The predicted molar refractivity (Wildman–Crippen MR) is 77.4 cm³/mol. The van der Waals surface area contributed by atoms with Gasteiger partial charge in [-0.15, -0.1) is 0 Å². The lowest BCUT2D eigenvalue weighted by Gasteiger charge is -2.35. The minimum Gasteiger partial charge on any atom is -0.445 e. The van der Waals surface area contributed by atoms with Crippen molar-refractivity contribution in [2.75, 3.05) is 6.61 Å². The molecule has 4 nitrogen and oxygen atoms in total. The van der Waals surface area contributed by atoms with Gasteiger partial charge in [0, 0.05) is 11.5 Å². The van der Waals surface area contributed by atoms with Gasteiger partial charge in [0.2, 0.25) is 0 Å². The van der Waals surface area contributed by atoms with Crippen molar-refractivity contribution in [2.24, 2.45) is 23.2 Å². The average molecular weight is 287 g/mol. The van der Waals surface area contributed by atoms with Crippen LogP contribution in [0.3, 0.4) is 0 Å². The molecule has 21 heavy (non-hydrogen) atoms. The number of fused-ring (bicyclic) bond motifs is 1. The van der Waals surface area contributed by atoms with Gasteiger partial charge < -0.3 is 15.2 Å². The van der Waals surface area contributed by atoms with Gasteiger partial charge in [0.1, 0.15) is 6.61 Å². The summed E-state index contributed by atoms with van der Waals surface area (Å²) in [6.07, 6.45) is 3.20. The number of alkyl carbamates (subject to hydrolysis) is 1. The molecular formula is C17H21NO3. The van der Waals surface area contributed by atoms with Crippen LogP contribution >= 0.6 is 0 Å². The molecule has 4 bridgehead atoms. The maximum absolute atomic E-state index is 12.1. The van der Waals surface area contributed by atoms with Crippen molar-refractivity contribution in [1.82, 2.24) is 5.32 Å². The Morgan fingerprint density at radius 1 is 1.29 bits per heavy atom. The molecule has 4 aliphatic rings. The highest BCUT2D eigenvalue weighted by Gasteiger charge is 2.75. The van der Waals surface area contributed by atoms with Gasteiger partial charge in [-0.25, -0.2) is 4.79 Å². The molecule has 5 atom stereocenters. The van der Waals surface area contributed by atoms with Crippen molar-refractivity contribution < 1.29 is 14.6 Å². The number of ether oxygens (including phenoxy) is 1. The first-order valence-corrected chi connectivity index (χ1v) is 7.84. The van der Waals surface area contributed by atoms with Gasteiger partial charge in [0.15, 0.2) is 0 Å². The second kappa shape index (κ2) is 4.73. The molecule has 5 unspecified atom stereocenters. The average Bonchev–Trinajstić information content (AvgIpc) is 3.12. The summed E-state index contributed by atoms with van der Waals surface area (Å²) >= 11 is 0. The molecule has 0 spiro atoms. The van der Waals surface area contributed by atoms with Crippen LogP contribution in [0.4, 0.5) is 4.79 Å². The molecule has 2 N–H and O–H groups in total. The van der Waals surface area contributed by atoms with Gasteiger partial charge >= 0.3 is 6.09 Å². The van der Waals surface area contributed by atoms with Crippen molar-refractivity contribution in [1.29, 1.82) is 0 Å². The fraction of sp³-hybridized carbons (Fsp3) is 0.588. The second-order valence-corrected chi connectivity index (χ2v) is 6.74. The normalized spacial score (nSPS) is 38.9. The van der Waals surface area contributed by atoms with E-state index in [-0.39, 0.29) is 24.2 Å². The van der Waals surface area contributed by atoms with E-state index in [4.69, 9.17) is 4.74 Å². The number of carbonyl (C=O) groups excluding carboxylic acids is 1. The summed E-state index contributed by atoms with van der Waals surface area (Å²) in [5, 5.41) is 12.8. The van der Waals surface area contributed by atoms with Crippen molar-refractivity contribution in [2.45, 2.75) is 31.9 Å². The molecule has 0 heterocycles. The minimum absolute atomic E-state index is 0.0331. The molecule has 1 aromatic rings. The van der Waals surface area contributed by atoms with Crippen LogP contribution in [0.5, 0.6) is 0 Å². The molecule has 4 saturated carbocycles. The zero-order chi connectivity index (χ0) is 14.4. The van der Waals surface area contributed by atoms with Crippen LogP contribution in [0.1, 0.15) is 24.8 Å². The molecule has 0 saturated heterocycles. The van der Waals surface area contributed by atoms with E-state index in [0.717, 1.165) is 12.0 Å². The Morgan fingerprint density at radius 3 is 2.81 bits per heavy atom. The molecule has 1 amide bonds. The lowest BCUT2D eigenvalue weighted by molar-refractivity contribution is 0.0929. The van der Waals surface area contributed by atoms with Crippen LogP contribution in [0, 0.1) is 23.2 Å². The molecule has 0 aromatic heterocycles. The van der Waals surface area contributed by atoms with Crippen molar-refractivity contribution in [3.63, 3.8) is 0 Å². The standard InChI is InChI=1S/C17H21NO3/c19-10-17-13-7-6-12(8-14(13)17)15(17)18-16(20)21-9-11-4-2-1-3-5-11/h1-5,12-15,19H,6-10H2,(H,18,20). The molecule has 0 aliphatic heterocycles. The van der Waals surface area contributed by atoms with Gasteiger partial charge in [0.25, 0.3) is 0 Å². The summed E-state index contributed by atoms with van der Waals surface area (Å²) in [6, 6.07) is 9.80. The Kier molecular flexibility index (Phi) is 2.96. The number of carbonyl (C=O) groups is 1. The summed E-state index contributed by atoms with van der Waals surface area (Å²) in [5.41, 5.74) is 0.955. The Hall–Kier alpha value is -1.55. The van der Waals surface area contributed by atoms with Gasteiger partial charge in [-0.2, -0.15) is 0 Å². The fourth-order valence-electron chi connectivity index (χ4n) is 5.00. The molecule has 4 aliphatic carbocycles. The van der Waals surface area contributed by atoms with Crippen LogP contribution in [-0.4, -0.2) is 23.8 Å². The Bertz CT molecular complexity index is 540. The van der Waals surface area contributed by atoms with E-state index in [2.05, 4.69) is 5.32 Å². The van der Waals surface area contributed by atoms with Crippen molar-refractivity contribution in [3.05, 3.63) is 35.9 Å². The highest BCUT2D eigenvalue weighted by Crippen LogP contribution is 2.75. The second-order valence-electron chi connectivity index (χ2n) is 6.74. The van der Waals surface area contributed by atoms with Gasteiger partial charge in [-0.05, 0) is 42.6 Å². The van der Waals surface area contributed by atoms with Crippen molar-refractivity contribution in [3.8, 4) is 0 Å². The van der Waals surface area contributed by atoms with Crippen LogP contribution in [0.2, 0.25) is 0 Å². The van der Waals surface area contributed by atoms with Crippen LogP contribution in [0.15, 0.2) is 30.3 Å². The highest BCUT2D eigenvalue weighted by molar-refractivity contribution is 5.68. The number of hydrogen-bond donors (Lipinski definition) is 2. The molecular weight excluding hydrogens is 266 g/mol. The summed E-state index contributed by atoms with van der Waals surface area (Å²) in [5.74, 6) is 1.77. The Balaban J connectivity index is 1.37. The number of nitrogens with one attached hydrogen (secondary N) is 1. The third-order valence-corrected chi connectivity index (χ3v) is 5.97. The van der Waals surface area contributed by atoms with E-state index < -0.39 is 0 Å². The summed E-state index contributed by atoms with van der Waals surface area (Å²) < 4.78 is 5.32. The molecule has 5 rings (SSSR count). The van der Waals surface area contributed by atoms with E-state index in [0.29, 0.717) is 24.4 Å². The summed E-state index contributed by atoms with van der Waals surface area (Å²) in [7, 11) is 0. The van der Waals surface area contributed by atoms with Gasteiger partial charge in [-0.1, -0.05) is 30.3 Å². The third-order valence-electron chi connectivity index (χ3n) is 5.97. The Labute approximate surface area is 124 Å². The van der Waals surface area contributed by atoms with Gasteiger partial charge in [-0.3, -0.25) is 0 Å². The van der Waals surface area contributed by atoms with E-state index in [1.165, 1.54) is 12.8 Å². The SMILES string of the molecule is O=C(NC1C2CCC3C(C2)C31CO)OCc1ccccc1. The zero-order valence-electron chi connectivity index (χ0n) is 12.0. The van der Waals surface area contributed by atoms with Crippen LogP contribution in [0.25, 0.3) is 0 Å². The van der Waals surface area contributed by atoms with E-state index in [1.54, 1.807) is 0 Å². The largest absolute Gasteiger partial charge is 0.445 e. The quantitative estimate of drug-likeness (QED) is 0.893. The lowest BCUT2D eigenvalue weighted by atomic mass is 9.77. The fourth-order valence-corrected chi connectivity index (χ4v) is 5.00. The molecule has 0 radical (unpaired) electrons. The maximum Gasteiger partial charge on any atom is 0.407 e. The topological polar surface area (TPSA) is 58.6 Å². The monoisotopic (exact) mass is 287 g/mol. The number of rotatable bonds is 4. The summed E-state index contributed by atoms with van der Waals surface area (Å²) in [6.45, 7) is 0.492. The zero-order valence-corrected chi connectivity index (χ0v) is 12.0. The van der Waals surface area contributed by atoms with E-state index >= 15 is 0 Å². The maximum atomic E-state index is 12.1. The smallest absolute Gasteiger partial charge is 0.407 e. The number of amides is 1. The van der Waals surface area contributed by atoms with Crippen LogP contribution in [-0.2, 0) is 11.3 Å². The first-order valence-electron chi connectivity index (χ1n) is 7.84. The number of hydrogen-bond acceptors (Lipinski definition) is 3. The predicted octanol–water partition coefficient (Wildman–Crippen LogP) is 2.32. The molecule has 1 aromatic carbocycles. The third kappa shape index (κ3) is 1.89. The summed E-state index contributed by atoms with van der Waals surface area (Å²) in [4.78, 5) is 12.1. The number of aliphatic hydroxyl groups is 1. The van der Waals surface area contributed by atoms with E-state index in [9.17, 15) is 9.90 Å². The van der Waals surface area contributed by atoms with Crippen LogP contribution < -0.4 is 5.32 Å². The van der Waals surface area contributed by atoms with Gasteiger partial charge in [0.05, 0.1) is 6.61 Å².